The quantitative estimate of drug-likeness (QED) is 0.622. The van der Waals surface area contributed by atoms with E-state index >= 15 is 0 Å². The average molecular weight is 449 g/mol. The Balaban J connectivity index is 1.65. The SMILES string of the molecule is CS(=O)(=O)C(c1ccccc1)C1(O)CN(C(c2ccc(Cl)cc2)c2nccs2)C1. The van der Waals surface area contributed by atoms with E-state index < -0.39 is 20.7 Å². The summed E-state index contributed by atoms with van der Waals surface area (Å²) >= 11 is 7.57. The lowest BCUT2D eigenvalue weighted by Crippen LogP contribution is -2.66. The van der Waals surface area contributed by atoms with Gasteiger partial charge in [-0.2, -0.15) is 0 Å². The maximum atomic E-state index is 12.6. The Bertz CT molecular complexity index is 1060. The summed E-state index contributed by atoms with van der Waals surface area (Å²) in [7, 11) is -3.52. The summed E-state index contributed by atoms with van der Waals surface area (Å²) in [6.07, 6.45) is 2.93. The van der Waals surface area contributed by atoms with E-state index in [2.05, 4.69) is 9.88 Å². The van der Waals surface area contributed by atoms with Gasteiger partial charge in [-0.15, -0.1) is 11.3 Å². The average Bonchev–Trinajstić information content (AvgIpc) is 3.16. The molecule has 2 atom stereocenters. The van der Waals surface area contributed by atoms with Crippen molar-refractivity contribution in [3.63, 3.8) is 0 Å². The van der Waals surface area contributed by atoms with Gasteiger partial charge >= 0.3 is 0 Å². The van der Waals surface area contributed by atoms with Gasteiger partial charge in [0.1, 0.15) is 15.9 Å². The molecule has 1 fully saturated rings. The van der Waals surface area contributed by atoms with Crippen LogP contribution in [0.2, 0.25) is 5.02 Å². The zero-order chi connectivity index (χ0) is 20.6. The molecule has 0 aliphatic carbocycles. The summed E-state index contributed by atoms with van der Waals surface area (Å²) in [4.78, 5) is 6.52. The number of aromatic nitrogens is 1. The van der Waals surface area contributed by atoms with Crippen LogP contribution in [-0.2, 0) is 9.84 Å². The predicted octanol–water partition coefficient (Wildman–Crippen LogP) is 3.72. The molecule has 5 nitrogen and oxygen atoms in total. The summed E-state index contributed by atoms with van der Waals surface area (Å²) in [5, 5.41) is 13.8. The fraction of sp³-hybridized carbons (Fsp3) is 0.286. The molecule has 1 aliphatic rings. The molecule has 0 radical (unpaired) electrons. The van der Waals surface area contributed by atoms with Crippen LogP contribution in [0.4, 0.5) is 0 Å². The maximum Gasteiger partial charge on any atom is 0.157 e. The molecule has 2 aromatic carbocycles. The van der Waals surface area contributed by atoms with Gasteiger partial charge in [0.25, 0.3) is 0 Å². The van der Waals surface area contributed by atoms with Crippen molar-refractivity contribution >= 4 is 32.8 Å². The lowest BCUT2D eigenvalue weighted by Gasteiger charge is -2.52. The molecule has 8 heteroatoms. The number of nitrogens with zero attached hydrogens (tertiary/aromatic N) is 2. The van der Waals surface area contributed by atoms with Crippen molar-refractivity contribution < 1.29 is 13.5 Å². The van der Waals surface area contributed by atoms with Crippen LogP contribution in [-0.4, -0.2) is 48.4 Å². The number of hydrogen-bond donors (Lipinski definition) is 1. The largest absolute Gasteiger partial charge is 0.385 e. The monoisotopic (exact) mass is 448 g/mol. The summed E-state index contributed by atoms with van der Waals surface area (Å²) < 4.78 is 25.2. The first-order chi connectivity index (χ1) is 13.8. The first-order valence-corrected chi connectivity index (χ1v) is 12.3. The van der Waals surface area contributed by atoms with Gasteiger partial charge < -0.3 is 5.11 Å². The molecule has 3 aromatic rings. The van der Waals surface area contributed by atoms with Gasteiger partial charge in [-0.05, 0) is 23.3 Å². The number of halogens is 1. The smallest absolute Gasteiger partial charge is 0.157 e. The van der Waals surface area contributed by atoms with E-state index in [-0.39, 0.29) is 19.1 Å². The minimum atomic E-state index is -3.52. The topological polar surface area (TPSA) is 70.5 Å². The standard InChI is InChI=1S/C21H21ClN2O3S2/c1-29(26,27)19(16-5-3-2-4-6-16)21(25)13-24(14-21)18(20-23-11-12-28-20)15-7-9-17(22)10-8-15/h2-12,18-19,25H,13-14H2,1H3. The van der Waals surface area contributed by atoms with E-state index in [9.17, 15) is 13.5 Å². The van der Waals surface area contributed by atoms with Gasteiger partial charge in [-0.25, -0.2) is 13.4 Å². The molecule has 2 heterocycles. The second-order valence-electron chi connectivity index (χ2n) is 7.45. The van der Waals surface area contributed by atoms with Crippen molar-refractivity contribution in [3.8, 4) is 0 Å². The summed E-state index contributed by atoms with van der Waals surface area (Å²) in [5.41, 5.74) is 0.244. The molecule has 4 rings (SSSR count). The molecule has 152 valence electrons. The van der Waals surface area contributed by atoms with Crippen LogP contribution < -0.4 is 0 Å². The fourth-order valence-corrected chi connectivity index (χ4v) is 6.63. The van der Waals surface area contributed by atoms with E-state index in [1.807, 2.05) is 35.7 Å². The van der Waals surface area contributed by atoms with Crippen LogP contribution >= 0.6 is 22.9 Å². The molecule has 0 amide bonds. The van der Waals surface area contributed by atoms with Crippen LogP contribution in [0.25, 0.3) is 0 Å². The molecule has 1 aliphatic heterocycles. The fourth-order valence-electron chi connectivity index (χ4n) is 4.11. The highest BCUT2D eigenvalue weighted by atomic mass is 35.5. The highest BCUT2D eigenvalue weighted by Crippen LogP contribution is 2.44. The Labute approximate surface area is 179 Å². The number of likely N-dealkylation sites (tertiary alicyclic amines) is 1. The number of benzene rings is 2. The van der Waals surface area contributed by atoms with E-state index in [1.165, 1.54) is 17.6 Å². The molecule has 0 spiro atoms. The molecule has 2 unspecified atom stereocenters. The lowest BCUT2D eigenvalue weighted by molar-refractivity contribution is -0.112. The van der Waals surface area contributed by atoms with Gasteiger partial charge in [0.05, 0.1) is 6.04 Å². The van der Waals surface area contributed by atoms with Gasteiger partial charge in [-0.1, -0.05) is 54.1 Å². The normalized spacial score (nSPS) is 18.7. The Morgan fingerprint density at radius 1 is 1.10 bits per heavy atom. The third kappa shape index (κ3) is 4.11. The van der Waals surface area contributed by atoms with Crippen LogP contribution in [0.15, 0.2) is 66.2 Å². The molecule has 1 N–H and O–H groups in total. The molecule has 29 heavy (non-hydrogen) atoms. The summed E-state index contributed by atoms with van der Waals surface area (Å²) in [6.45, 7) is 0.457. The molecule has 1 saturated heterocycles. The first kappa shape index (κ1) is 20.5. The van der Waals surface area contributed by atoms with Crippen LogP contribution in [0.1, 0.15) is 27.4 Å². The third-order valence-corrected chi connectivity index (χ3v) is 7.86. The third-order valence-electron chi connectivity index (χ3n) is 5.21. The van der Waals surface area contributed by atoms with E-state index in [4.69, 9.17) is 11.6 Å². The minimum absolute atomic E-state index is 0.163. The first-order valence-electron chi connectivity index (χ1n) is 9.13. The van der Waals surface area contributed by atoms with Gasteiger partial charge in [0.15, 0.2) is 9.84 Å². The van der Waals surface area contributed by atoms with Crippen LogP contribution in [0, 0.1) is 0 Å². The summed E-state index contributed by atoms with van der Waals surface area (Å²) in [5.74, 6) is 0. The van der Waals surface area contributed by atoms with Gasteiger partial charge in [0.2, 0.25) is 0 Å². The Hall–Kier alpha value is -1.77. The minimum Gasteiger partial charge on any atom is -0.385 e. The number of thiazole rings is 1. The van der Waals surface area contributed by atoms with Crippen LogP contribution in [0.3, 0.4) is 0 Å². The highest BCUT2D eigenvalue weighted by Gasteiger charge is 2.54. The number of aliphatic hydroxyl groups is 1. The molecular weight excluding hydrogens is 428 g/mol. The van der Waals surface area contributed by atoms with Gasteiger partial charge in [0, 0.05) is 35.9 Å². The van der Waals surface area contributed by atoms with E-state index in [0.717, 1.165) is 10.6 Å². The molecular formula is C21H21ClN2O3S2. The van der Waals surface area contributed by atoms with E-state index in [1.54, 1.807) is 30.5 Å². The second-order valence-corrected chi connectivity index (χ2v) is 10.9. The Kier molecular flexibility index (Phi) is 5.52. The second kappa shape index (κ2) is 7.81. The van der Waals surface area contributed by atoms with E-state index in [0.29, 0.717) is 10.6 Å². The van der Waals surface area contributed by atoms with Crippen molar-refractivity contribution in [2.24, 2.45) is 0 Å². The van der Waals surface area contributed by atoms with Crippen molar-refractivity contribution in [2.75, 3.05) is 19.3 Å². The predicted molar refractivity (Wildman–Crippen MR) is 116 cm³/mol. The van der Waals surface area contributed by atoms with Crippen molar-refractivity contribution in [1.29, 1.82) is 0 Å². The number of hydrogen-bond acceptors (Lipinski definition) is 6. The zero-order valence-corrected chi connectivity index (χ0v) is 18.2. The number of sulfone groups is 1. The maximum absolute atomic E-state index is 12.6. The Morgan fingerprint density at radius 3 is 2.31 bits per heavy atom. The molecule has 0 saturated carbocycles. The molecule has 0 bridgehead atoms. The number of β-amino-alcohol motifs (C(OH)–C–C–N with tert-alkyl or cyclic N) is 1. The lowest BCUT2D eigenvalue weighted by atomic mass is 9.84. The van der Waals surface area contributed by atoms with Crippen molar-refractivity contribution in [2.45, 2.75) is 16.9 Å². The molecule has 1 aromatic heterocycles. The number of rotatable bonds is 6. The summed E-state index contributed by atoms with van der Waals surface area (Å²) in [6, 6.07) is 16.3. The Morgan fingerprint density at radius 2 is 1.76 bits per heavy atom. The highest BCUT2D eigenvalue weighted by molar-refractivity contribution is 7.91. The van der Waals surface area contributed by atoms with Crippen molar-refractivity contribution in [1.82, 2.24) is 9.88 Å². The van der Waals surface area contributed by atoms with Crippen LogP contribution in [0.5, 0.6) is 0 Å². The van der Waals surface area contributed by atoms with Gasteiger partial charge in [-0.3, -0.25) is 4.90 Å². The van der Waals surface area contributed by atoms with Crippen molar-refractivity contribution in [3.05, 3.63) is 87.3 Å². The zero-order valence-electron chi connectivity index (χ0n) is 15.8.